The van der Waals surface area contributed by atoms with E-state index in [1.807, 2.05) is 24.3 Å². The van der Waals surface area contributed by atoms with Crippen LogP contribution in [-0.4, -0.2) is 35.3 Å². The number of carboxylic acid groups (broad SMARTS) is 1. The Morgan fingerprint density at radius 2 is 1.74 bits per heavy atom. The van der Waals surface area contributed by atoms with Crippen LogP contribution < -0.4 is 10.6 Å². The van der Waals surface area contributed by atoms with E-state index in [1.54, 1.807) is 36.4 Å². The zero-order valence-corrected chi connectivity index (χ0v) is 17.7. The summed E-state index contributed by atoms with van der Waals surface area (Å²) in [6.45, 7) is 0.354. The Bertz CT molecular complexity index is 1130. The molecule has 4 rings (SSSR count). The first-order valence-corrected chi connectivity index (χ1v) is 10.6. The lowest BCUT2D eigenvalue weighted by Gasteiger charge is -2.09. The lowest BCUT2D eigenvalue weighted by Crippen LogP contribution is -2.31. The van der Waals surface area contributed by atoms with Gasteiger partial charge in [0.15, 0.2) is 0 Å². The van der Waals surface area contributed by atoms with E-state index in [1.165, 1.54) is 11.3 Å². The molecule has 31 heavy (non-hydrogen) atoms. The molecule has 0 saturated carbocycles. The van der Waals surface area contributed by atoms with E-state index in [2.05, 4.69) is 15.8 Å². The van der Waals surface area contributed by atoms with Crippen LogP contribution >= 0.6 is 22.9 Å². The number of carbonyl (C=O) groups excluding carboxylic acids is 1. The number of nitrogens with zero attached hydrogens (tertiary/aromatic N) is 1. The van der Waals surface area contributed by atoms with Crippen molar-refractivity contribution in [1.29, 1.82) is 0 Å². The highest BCUT2D eigenvalue weighted by Gasteiger charge is 2.23. The van der Waals surface area contributed by atoms with Crippen molar-refractivity contribution in [1.82, 2.24) is 5.32 Å². The number of benzene rings is 2. The van der Waals surface area contributed by atoms with Gasteiger partial charge in [0.05, 0.1) is 27.0 Å². The van der Waals surface area contributed by atoms with Crippen LogP contribution in [-0.2, 0) is 4.84 Å². The van der Waals surface area contributed by atoms with Gasteiger partial charge in [0.1, 0.15) is 6.10 Å². The minimum atomic E-state index is -0.954. The third-order valence-corrected chi connectivity index (χ3v) is 5.89. The molecule has 3 aromatic rings. The topological polar surface area (TPSA) is 100 Å². The van der Waals surface area contributed by atoms with Crippen molar-refractivity contribution in [3.8, 4) is 0 Å². The molecule has 1 amide bonds. The molecule has 1 atom stereocenters. The van der Waals surface area contributed by atoms with Crippen LogP contribution in [0.25, 0.3) is 0 Å². The molecule has 1 unspecified atom stereocenters. The van der Waals surface area contributed by atoms with Gasteiger partial charge in [-0.3, -0.25) is 4.79 Å². The van der Waals surface area contributed by atoms with E-state index in [-0.39, 0.29) is 17.6 Å². The number of carboxylic acids is 1. The molecule has 3 N–H and O–H groups in total. The minimum Gasteiger partial charge on any atom is -0.478 e. The summed E-state index contributed by atoms with van der Waals surface area (Å²) >= 11 is 7.09. The molecule has 158 valence electrons. The van der Waals surface area contributed by atoms with Crippen LogP contribution in [0.2, 0.25) is 4.34 Å². The molecule has 9 heteroatoms. The SMILES string of the molecule is O=C(O)c1ccc(Nc2ccc(C3=NOC(CNC(=O)c4ccc(Cl)s4)C3)cc2)cc1. The van der Waals surface area contributed by atoms with Crippen molar-refractivity contribution >= 4 is 51.9 Å². The maximum absolute atomic E-state index is 12.1. The van der Waals surface area contributed by atoms with Gasteiger partial charge in [-0.1, -0.05) is 28.9 Å². The molecule has 0 aliphatic carbocycles. The number of halogens is 1. The fourth-order valence-electron chi connectivity index (χ4n) is 3.05. The van der Waals surface area contributed by atoms with Crippen LogP contribution in [0.4, 0.5) is 11.4 Å². The molecule has 0 spiro atoms. The second-order valence-electron chi connectivity index (χ2n) is 6.87. The number of oxime groups is 1. The molecule has 7 nitrogen and oxygen atoms in total. The van der Waals surface area contributed by atoms with E-state index in [9.17, 15) is 9.59 Å². The third-order valence-electron chi connectivity index (χ3n) is 4.66. The summed E-state index contributed by atoms with van der Waals surface area (Å²) in [7, 11) is 0. The molecule has 0 saturated heterocycles. The van der Waals surface area contributed by atoms with Crippen molar-refractivity contribution in [3.63, 3.8) is 0 Å². The van der Waals surface area contributed by atoms with Crippen LogP contribution in [0.5, 0.6) is 0 Å². The van der Waals surface area contributed by atoms with Crippen molar-refractivity contribution < 1.29 is 19.5 Å². The summed E-state index contributed by atoms with van der Waals surface area (Å²) in [6.07, 6.45) is 0.370. The Morgan fingerprint density at radius 3 is 2.35 bits per heavy atom. The average molecular weight is 456 g/mol. The Morgan fingerprint density at radius 1 is 1.06 bits per heavy atom. The van der Waals surface area contributed by atoms with Gasteiger partial charge in [-0.25, -0.2) is 4.79 Å². The molecular weight excluding hydrogens is 438 g/mol. The van der Waals surface area contributed by atoms with Gasteiger partial charge in [0.2, 0.25) is 0 Å². The second kappa shape index (κ2) is 9.20. The average Bonchev–Trinajstić information content (AvgIpc) is 3.42. The molecule has 0 radical (unpaired) electrons. The number of rotatable bonds is 7. The molecule has 0 bridgehead atoms. The first kappa shape index (κ1) is 20.9. The van der Waals surface area contributed by atoms with Crippen LogP contribution in [0.3, 0.4) is 0 Å². The number of aromatic carboxylic acids is 1. The van der Waals surface area contributed by atoms with Gasteiger partial charge >= 0.3 is 5.97 Å². The predicted molar refractivity (Wildman–Crippen MR) is 121 cm³/mol. The highest BCUT2D eigenvalue weighted by atomic mass is 35.5. The van der Waals surface area contributed by atoms with Crippen molar-refractivity contribution in [2.75, 3.05) is 11.9 Å². The summed E-state index contributed by atoms with van der Waals surface area (Å²) in [6, 6.07) is 17.6. The largest absolute Gasteiger partial charge is 0.478 e. The zero-order valence-electron chi connectivity index (χ0n) is 16.2. The van der Waals surface area contributed by atoms with Gasteiger partial charge in [-0.2, -0.15) is 0 Å². The standard InChI is InChI=1S/C22H18ClN3O4S/c23-20-10-9-19(31-20)21(27)24-12-17-11-18(26-30-17)13-1-5-15(6-2-13)25-16-7-3-14(4-8-16)22(28)29/h1-10,17,25H,11-12H2,(H,24,27)(H,28,29). The maximum Gasteiger partial charge on any atom is 0.335 e. The summed E-state index contributed by atoms with van der Waals surface area (Å²) in [5.41, 5.74) is 3.65. The molecule has 2 aromatic carbocycles. The number of carbonyl (C=O) groups is 2. The van der Waals surface area contributed by atoms with Gasteiger partial charge in [-0.05, 0) is 54.1 Å². The fraction of sp³-hybridized carbons (Fsp3) is 0.136. The Labute approximate surface area is 187 Å². The van der Waals surface area contributed by atoms with Gasteiger partial charge in [-0.15, -0.1) is 11.3 Å². The van der Waals surface area contributed by atoms with Crippen LogP contribution in [0.15, 0.2) is 65.8 Å². The summed E-state index contributed by atoms with van der Waals surface area (Å²) in [5, 5.41) is 19.2. The van der Waals surface area contributed by atoms with E-state index in [0.717, 1.165) is 22.6 Å². The third kappa shape index (κ3) is 5.22. The summed E-state index contributed by atoms with van der Waals surface area (Å²) in [4.78, 5) is 29.1. The van der Waals surface area contributed by atoms with Gasteiger partial charge < -0.3 is 20.6 Å². The summed E-state index contributed by atoms with van der Waals surface area (Å²) in [5.74, 6) is -1.13. The Balaban J connectivity index is 1.29. The van der Waals surface area contributed by atoms with Gasteiger partial charge in [0, 0.05) is 17.8 Å². The first-order valence-electron chi connectivity index (χ1n) is 9.45. The predicted octanol–water partition coefficient (Wildman–Crippen LogP) is 4.77. The Kier molecular flexibility index (Phi) is 6.20. The number of hydrogen-bond donors (Lipinski definition) is 3. The van der Waals surface area contributed by atoms with E-state index in [0.29, 0.717) is 22.2 Å². The number of anilines is 2. The smallest absolute Gasteiger partial charge is 0.335 e. The monoisotopic (exact) mass is 455 g/mol. The van der Waals surface area contributed by atoms with Crippen LogP contribution in [0, 0.1) is 0 Å². The number of hydrogen-bond acceptors (Lipinski definition) is 6. The minimum absolute atomic E-state index is 0.180. The van der Waals surface area contributed by atoms with Crippen molar-refractivity contribution in [2.24, 2.45) is 5.16 Å². The number of thiophene rings is 1. The second-order valence-corrected chi connectivity index (χ2v) is 8.58. The van der Waals surface area contributed by atoms with E-state index < -0.39 is 5.97 Å². The molecule has 2 heterocycles. The Hall–Kier alpha value is -3.36. The van der Waals surface area contributed by atoms with Crippen LogP contribution in [0.1, 0.15) is 32.0 Å². The zero-order chi connectivity index (χ0) is 21.8. The quantitative estimate of drug-likeness (QED) is 0.476. The highest BCUT2D eigenvalue weighted by Crippen LogP contribution is 2.23. The molecular formula is C22H18ClN3O4S. The molecule has 1 aliphatic rings. The molecule has 1 aromatic heterocycles. The van der Waals surface area contributed by atoms with Crippen molar-refractivity contribution in [2.45, 2.75) is 12.5 Å². The first-order chi connectivity index (χ1) is 15.0. The highest BCUT2D eigenvalue weighted by molar-refractivity contribution is 7.18. The number of amides is 1. The molecule has 1 aliphatic heterocycles. The fourth-order valence-corrected chi connectivity index (χ4v) is 4.01. The normalized spacial score (nSPS) is 15.1. The lowest BCUT2D eigenvalue weighted by atomic mass is 10.0. The van der Waals surface area contributed by atoms with E-state index >= 15 is 0 Å². The van der Waals surface area contributed by atoms with Crippen molar-refractivity contribution in [3.05, 3.63) is 81.0 Å². The lowest BCUT2D eigenvalue weighted by molar-refractivity contribution is 0.0696. The molecule has 0 fully saturated rings. The van der Waals surface area contributed by atoms with Gasteiger partial charge in [0.25, 0.3) is 5.91 Å². The van der Waals surface area contributed by atoms with E-state index in [4.69, 9.17) is 21.5 Å². The summed E-state index contributed by atoms with van der Waals surface area (Å²) < 4.78 is 0.572. The number of nitrogens with one attached hydrogen (secondary N) is 2. The maximum atomic E-state index is 12.1.